The minimum atomic E-state index is 0.525. The maximum atomic E-state index is 6.30. The molecule has 2 nitrogen and oxygen atoms in total. The second-order valence-corrected chi connectivity index (χ2v) is 5.40. The van der Waals surface area contributed by atoms with Crippen LogP contribution in [-0.4, -0.2) is 25.7 Å². The summed E-state index contributed by atoms with van der Waals surface area (Å²) in [7, 11) is 2.01. The van der Waals surface area contributed by atoms with Gasteiger partial charge in [0.15, 0.2) is 0 Å². The van der Waals surface area contributed by atoms with Crippen LogP contribution in [0.4, 0.5) is 5.69 Å². The van der Waals surface area contributed by atoms with Crippen LogP contribution < -0.4 is 10.2 Å². The fourth-order valence-corrected chi connectivity index (χ4v) is 3.02. The van der Waals surface area contributed by atoms with Crippen LogP contribution >= 0.6 is 11.6 Å². The molecule has 0 bridgehead atoms. The number of halogens is 1. The molecule has 0 spiro atoms. The summed E-state index contributed by atoms with van der Waals surface area (Å²) >= 11 is 6.30. The molecule has 17 heavy (non-hydrogen) atoms. The monoisotopic (exact) mass is 252 g/mol. The zero-order valence-corrected chi connectivity index (χ0v) is 11.6. The minimum absolute atomic E-state index is 0.525. The lowest BCUT2D eigenvalue weighted by Crippen LogP contribution is -2.39. The lowest BCUT2D eigenvalue weighted by atomic mass is 10.1. The highest BCUT2D eigenvalue weighted by Gasteiger charge is 2.31. The van der Waals surface area contributed by atoms with Crippen molar-refractivity contribution in [3.05, 3.63) is 28.8 Å². The number of fused-ring (bicyclic) bond motifs is 1. The van der Waals surface area contributed by atoms with Crippen molar-refractivity contribution in [3.8, 4) is 0 Å². The Bertz CT molecular complexity index is 390. The summed E-state index contributed by atoms with van der Waals surface area (Å²) in [6.07, 6.45) is 2.24. The molecule has 3 heteroatoms. The Morgan fingerprint density at radius 2 is 2.24 bits per heavy atom. The van der Waals surface area contributed by atoms with Crippen molar-refractivity contribution in [1.29, 1.82) is 0 Å². The van der Waals surface area contributed by atoms with Crippen molar-refractivity contribution in [2.24, 2.45) is 0 Å². The zero-order chi connectivity index (χ0) is 12.4. The number of hydrogen-bond acceptors (Lipinski definition) is 2. The van der Waals surface area contributed by atoms with Crippen molar-refractivity contribution < 1.29 is 0 Å². The lowest BCUT2D eigenvalue weighted by molar-refractivity contribution is 0.524. The van der Waals surface area contributed by atoms with Gasteiger partial charge in [0, 0.05) is 22.8 Å². The first-order chi connectivity index (χ1) is 8.15. The van der Waals surface area contributed by atoms with Gasteiger partial charge in [-0.1, -0.05) is 17.7 Å². The summed E-state index contributed by atoms with van der Waals surface area (Å²) in [6, 6.07) is 7.35. The Hall–Kier alpha value is -0.730. The molecule has 0 radical (unpaired) electrons. The smallest absolute Gasteiger partial charge is 0.0459 e. The summed E-state index contributed by atoms with van der Waals surface area (Å²) in [5.41, 5.74) is 2.65. The van der Waals surface area contributed by atoms with Gasteiger partial charge in [-0.15, -0.1) is 0 Å². The van der Waals surface area contributed by atoms with Crippen LogP contribution in [0.25, 0.3) is 0 Å². The number of nitrogens with one attached hydrogen (secondary N) is 1. The molecule has 94 valence electrons. The van der Waals surface area contributed by atoms with Gasteiger partial charge in [-0.2, -0.15) is 0 Å². The average Bonchev–Trinajstić information content (AvgIpc) is 2.66. The van der Waals surface area contributed by atoms with Crippen LogP contribution in [0, 0.1) is 0 Å². The molecule has 1 aromatic carbocycles. The molecule has 0 aliphatic carbocycles. The molecule has 0 saturated heterocycles. The van der Waals surface area contributed by atoms with E-state index in [9.17, 15) is 0 Å². The predicted octanol–water partition coefficient (Wildman–Crippen LogP) is 3.09. The summed E-state index contributed by atoms with van der Waals surface area (Å²) in [4.78, 5) is 2.51. The Morgan fingerprint density at radius 3 is 2.88 bits per heavy atom. The van der Waals surface area contributed by atoms with Gasteiger partial charge in [-0.25, -0.2) is 0 Å². The molecule has 1 aliphatic heterocycles. The van der Waals surface area contributed by atoms with Gasteiger partial charge in [0.05, 0.1) is 0 Å². The van der Waals surface area contributed by atoms with E-state index in [0.717, 1.165) is 18.0 Å². The van der Waals surface area contributed by atoms with E-state index < -0.39 is 0 Å². The van der Waals surface area contributed by atoms with Crippen LogP contribution in [0.5, 0.6) is 0 Å². The topological polar surface area (TPSA) is 15.3 Å². The summed E-state index contributed by atoms with van der Waals surface area (Å²) < 4.78 is 0. The van der Waals surface area contributed by atoms with Crippen LogP contribution in [-0.2, 0) is 6.42 Å². The maximum Gasteiger partial charge on any atom is 0.0459 e. The largest absolute Gasteiger partial charge is 0.365 e. The minimum Gasteiger partial charge on any atom is -0.365 e. The number of nitrogens with zero attached hydrogens (tertiary/aromatic N) is 1. The molecular weight excluding hydrogens is 232 g/mol. The molecule has 0 aromatic heterocycles. The first-order valence-corrected chi connectivity index (χ1v) is 6.73. The molecule has 2 rings (SSSR count). The fourth-order valence-electron chi connectivity index (χ4n) is 2.77. The van der Waals surface area contributed by atoms with E-state index in [1.165, 1.54) is 17.7 Å². The standard InChI is InChI=1S/C14H21ClN2/c1-10(2)17-11(7-8-16-3)9-12-13(15)5-4-6-14(12)17/h4-6,10-11,16H,7-9H2,1-3H3. The highest BCUT2D eigenvalue weighted by Crippen LogP contribution is 2.38. The van der Waals surface area contributed by atoms with E-state index in [2.05, 4.69) is 36.2 Å². The highest BCUT2D eigenvalue weighted by molar-refractivity contribution is 6.31. The van der Waals surface area contributed by atoms with E-state index in [-0.39, 0.29) is 0 Å². The summed E-state index contributed by atoms with van der Waals surface area (Å²) in [5.74, 6) is 0. The van der Waals surface area contributed by atoms with Gasteiger partial charge in [0.1, 0.15) is 0 Å². The van der Waals surface area contributed by atoms with Gasteiger partial charge in [0.2, 0.25) is 0 Å². The normalized spacial score (nSPS) is 18.9. The van der Waals surface area contributed by atoms with E-state index in [4.69, 9.17) is 11.6 Å². The quantitative estimate of drug-likeness (QED) is 0.886. The Balaban J connectivity index is 2.28. The Kier molecular flexibility index (Phi) is 3.95. The molecule has 1 unspecified atom stereocenters. The van der Waals surface area contributed by atoms with E-state index in [1.807, 2.05) is 13.1 Å². The molecule has 1 heterocycles. The molecule has 1 N–H and O–H groups in total. The van der Waals surface area contributed by atoms with Crippen molar-refractivity contribution >= 4 is 17.3 Å². The van der Waals surface area contributed by atoms with Crippen molar-refractivity contribution in [3.63, 3.8) is 0 Å². The highest BCUT2D eigenvalue weighted by atomic mass is 35.5. The Labute approximate surface area is 109 Å². The number of anilines is 1. The third-order valence-corrected chi connectivity index (χ3v) is 3.84. The van der Waals surface area contributed by atoms with Crippen molar-refractivity contribution in [2.45, 2.75) is 38.8 Å². The molecule has 1 aromatic rings. The van der Waals surface area contributed by atoms with Crippen molar-refractivity contribution in [2.75, 3.05) is 18.5 Å². The predicted molar refractivity (Wildman–Crippen MR) is 75.1 cm³/mol. The van der Waals surface area contributed by atoms with Gasteiger partial charge in [0.25, 0.3) is 0 Å². The fraction of sp³-hybridized carbons (Fsp3) is 0.571. The maximum absolute atomic E-state index is 6.30. The third-order valence-electron chi connectivity index (χ3n) is 3.49. The summed E-state index contributed by atoms with van der Waals surface area (Å²) in [6.45, 7) is 5.56. The van der Waals surface area contributed by atoms with Gasteiger partial charge < -0.3 is 10.2 Å². The van der Waals surface area contributed by atoms with Crippen LogP contribution in [0.2, 0.25) is 5.02 Å². The molecular formula is C14H21ClN2. The van der Waals surface area contributed by atoms with Gasteiger partial charge >= 0.3 is 0 Å². The van der Waals surface area contributed by atoms with Gasteiger partial charge in [-0.05, 0) is 58.0 Å². The molecule has 0 amide bonds. The second kappa shape index (κ2) is 5.28. The number of hydrogen-bond donors (Lipinski definition) is 1. The SMILES string of the molecule is CNCCC1Cc2c(Cl)cccc2N1C(C)C. The molecule has 0 fully saturated rings. The zero-order valence-electron chi connectivity index (χ0n) is 10.8. The van der Waals surface area contributed by atoms with E-state index in [0.29, 0.717) is 12.1 Å². The van der Waals surface area contributed by atoms with Crippen LogP contribution in [0.1, 0.15) is 25.8 Å². The van der Waals surface area contributed by atoms with E-state index >= 15 is 0 Å². The lowest BCUT2D eigenvalue weighted by Gasteiger charge is -2.31. The van der Waals surface area contributed by atoms with Crippen LogP contribution in [0.15, 0.2) is 18.2 Å². The summed E-state index contributed by atoms with van der Waals surface area (Å²) in [5, 5.41) is 4.15. The molecule has 1 atom stereocenters. The van der Waals surface area contributed by atoms with E-state index in [1.54, 1.807) is 0 Å². The first kappa shape index (κ1) is 12.7. The number of benzene rings is 1. The average molecular weight is 253 g/mol. The molecule has 1 aliphatic rings. The third kappa shape index (κ3) is 2.43. The van der Waals surface area contributed by atoms with Gasteiger partial charge in [-0.3, -0.25) is 0 Å². The van der Waals surface area contributed by atoms with Crippen molar-refractivity contribution in [1.82, 2.24) is 5.32 Å². The Morgan fingerprint density at radius 1 is 1.47 bits per heavy atom. The first-order valence-electron chi connectivity index (χ1n) is 6.35. The van der Waals surface area contributed by atoms with Crippen LogP contribution in [0.3, 0.4) is 0 Å². The number of rotatable bonds is 4. The second-order valence-electron chi connectivity index (χ2n) is 4.99. The molecule has 0 saturated carbocycles.